The molecule has 1 unspecified atom stereocenters. The van der Waals surface area contributed by atoms with Gasteiger partial charge in [0.05, 0.1) is 11.5 Å². The van der Waals surface area contributed by atoms with Crippen molar-refractivity contribution in [3.8, 4) is 6.07 Å². The number of hydrogen-bond donors (Lipinski definition) is 1. The van der Waals surface area contributed by atoms with Crippen LogP contribution < -0.4 is 10.2 Å². The van der Waals surface area contributed by atoms with E-state index in [-0.39, 0.29) is 11.8 Å². The third kappa shape index (κ3) is 3.06. The Bertz CT molecular complexity index is 630. The van der Waals surface area contributed by atoms with Gasteiger partial charge in [0.2, 0.25) is 5.91 Å². The van der Waals surface area contributed by atoms with Gasteiger partial charge in [-0.15, -0.1) is 0 Å². The molecule has 1 amide bonds. The minimum Gasteiger partial charge on any atom is -0.355 e. The molecule has 1 aromatic rings. The number of nitriles is 1. The number of aromatic nitrogens is 1. The number of nitrogens with one attached hydrogen (secondary N) is 1. The molecule has 5 heteroatoms. The second-order valence-corrected chi connectivity index (χ2v) is 6.46. The lowest BCUT2D eigenvalue weighted by molar-refractivity contribution is -0.125. The van der Waals surface area contributed by atoms with Gasteiger partial charge in [0.1, 0.15) is 11.9 Å². The van der Waals surface area contributed by atoms with Gasteiger partial charge in [0, 0.05) is 24.8 Å². The van der Waals surface area contributed by atoms with Crippen molar-refractivity contribution in [2.45, 2.75) is 45.6 Å². The number of carbonyl (C=O) groups excluding carboxylic acids is 1. The van der Waals surface area contributed by atoms with Crippen molar-refractivity contribution < 1.29 is 4.79 Å². The maximum Gasteiger partial charge on any atom is 0.225 e. The first-order chi connectivity index (χ1) is 10.6. The normalized spacial score (nSPS) is 21.3. The maximum absolute atomic E-state index is 12.3. The maximum atomic E-state index is 12.3. The lowest BCUT2D eigenvalue weighted by atomic mass is 9.96. The van der Waals surface area contributed by atoms with E-state index in [4.69, 9.17) is 0 Å². The second kappa shape index (κ2) is 5.96. The summed E-state index contributed by atoms with van der Waals surface area (Å²) in [6.07, 6.45) is 4.10. The first-order valence-electron chi connectivity index (χ1n) is 8.02. The average Bonchev–Trinajstić information content (AvgIpc) is 3.30. The van der Waals surface area contributed by atoms with Crippen LogP contribution in [0.25, 0.3) is 0 Å². The smallest absolute Gasteiger partial charge is 0.225 e. The van der Waals surface area contributed by atoms with E-state index < -0.39 is 0 Å². The number of carbonyl (C=O) groups is 1. The lowest BCUT2D eigenvalue weighted by Gasteiger charge is -2.33. The van der Waals surface area contributed by atoms with E-state index in [9.17, 15) is 10.1 Å². The molecule has 2 heterocycles. The molecule has 0 bridgehead atoms. The van der Waals surface area contributed by atoms with Gasteiger partial charge in [0.15, 0.2) is 0 Å². The van der Waals surface area contributed by atoms with Crippen molar-refractivity contribution in [3.63, 3.8) is 0 Å². The van der Waals surface area contributed by atoms with Crippen LogP contribution in [0.2, 0.25) is 0 Å². The third-order valence-electron chi connectivity index (χ3n) is 4.45. The van der Waals surface area contributed by atoms with Crippen molar-refractivity contribution in [1.82, 2.24) is 10.3 Å². The van der Waals surface area contributed by atoms with Crippen LogP contribution in [0.15, 0.2) is 6.07 Å². The molecule has 1 saturated carbocycles. The predicted molar refractivity (Wildman–Crippen MR) is 84.5 cm³/mol. The zero-order chi connectivity index (χ0) is 15.7. The number of amides is 1. The number of anilines is 1. The van der Waals surface area contributed by atoms with Gasteiger partial charge in [-0.3, -0.25) is 4.79 Å². The van der Waals surface area contributed by atoms with Crippen LogP contribution in [-0.2, 0) is 4.79 Å². The van der Waals surface area contributed by atoms with Crippen LogP contribution in [0.1, 0.15) is 42.5 Å². The summed E-state index contributed by atoms with van der Waals surface area (Å²) in [7, 11) is 0. The first kappa shape index (κ1) is 14.8. The summed E-state index contributed by atoms with van der Waals surface area (Å²) >= 11 is 0. The molecule has 22 heavy (non-hydrogen) atoms. The van der Waals surface area contributed by atoms with E-state index >= 15 is 0 Å². The van der Waals surface area contributed by atoms with Gasteiger partial charge in [-0.05, 0) is 51.2 Å². The summed E-state index contributed by atoms with van der Waals surface area (Å²) in [6.45, 7) is 5.40. The third-order valence-corrected chi connectivity index (χ3v) is 4.45. The zero-order valence-electron chi connectivity index (χ0n) is 13.2. The van der Waals surface area contributed by atoms with E-state index in [1.54, 1.807) is 0 Å². The van der Waals surface area contributed by atoms with Gasteiger partial charge >= 0.3 is 0 Å². The summed E-state index contributed by atoms with van der Waals surface area (Å²) in [5.41, 5.74) is 2.50. The summed E-state index contributed by atoms with van der Waals surface area (Å²) in [5, 5.41) is 12.5. The van der Waals surface area contributed by atoms with E-state index in [2.05, 4.69) is 21.3 Å². The van der Waals surface area contributed by atoms with Gasteiger partial charge in [0.25, 0.3) is 0 Å². The monoisotopic (exact) mass is 298 g/mol. The molecule has 1 aliphatic carbocycles. The molecule has 116 valence electrons. The van der Waals surface area contributed by atoms with Gasteiger partial charge in [-0.1, -0.05) is 0 Å². The predicted octanol–water partition coefficient (Wildman–Crippen LogP) is 2.07. The number of hydrogen-bond acceptors (Lipinski definition) is 4. The molecule has 0 aromatic carbocycles. The van der Waals surface area contributed by atoms with Crippen molar-refractivity contribution in [2.75, 3.05) is 18.0 Å². The average molecular weight is 298 g/mol. The van der Waals surface area contributed by atoms with Gasteiger partial charge in [-0.2, -0.15) is 5.26 Å². The van der Waals surface area contributed by atoms with Crippen molar-refractivity contribution in [3.05, 3.63) is 22.9 Å². The summed E-state index contributed by atoms with van der Waals surface area (Å²) in [5.74, 6) is 0.905. The molecule has 3 rings (SSSR count). The molecule has 1 N–H and O–H groups in total. The Morgan fingerprint density at radius 1 is 1.41 bits per heavy atom. The summed E-state index contributed by atoms with van der Waals surface area (Å²) in [4.78, 5) is 19.0. The van der Waals surface area contributed by atoms with Crippen LogP contribution in [0, 0.1) is 31.1 Å². The number of aryl methyl sites for hydroxylation is 2. The van der Waals surface area contributed by atoms with Crippen LogP contribution in [-0.4, -0.2) is 30.0 Å². The SMILES string of the molecule is Cc1cc(C)c(C#N)c(N2CCCC(C(=O)NC3CC3)C2)n1. The molecule has 1 aromatic heterocycles. The summed E-state index contributed by atoms with van der Waals surface area (Å²) in [6, 6.07) is 4.60. The highest BCUT2D eigenvalue weighted by Gasteiger charge is 2.31. The minimum absolute atomic E-state index is 0.00325. The number of nitrogens with zero attached hydrogens (tertiary/aromatic N) is 3. The van der Waals surface area contributed by atoms with Crippen LogP contribution in [0.3, 0.4) is 0 Å². The molecule has 1 aliphatic heterocycles. The second-order valence-electron chi connectivity index (χ2n) is 6.46. The number of piperidine rings is 1. The number of pyridine rings is 1. The highest BCUT2D eigenvalue weighted by Crippen LogP contribution is 2.28. The first-order valence-corrected chi connectivity index (χ1v) is 8.02. The minimum atomic E-state index is 0.00325. The van der Waals surface area contributed by atoms with E-state index in [1.807, 2.05) is 19.9 Å². The summed E-state index contributed by atoms with van der Waals surface area (Å²) < 4.78 is 0. The molecule has 0 radical (unpaired) electrons. The molecular weight excluding hydrogens is 276 g/mol. The topological polar surface area (TPSA) is 69.0 Å². The Labute approximate surface area is 131 Å². The Morgan fingerprint density at radius 3 is 2.86 bits per heavy atom. The molecule has 1 atom stereocenters. The van der Waals surface area contributed by atoms with Crippen LogP contribution >= 0.6 is 0 Å². The fraction of sp³-hybridized carbons (Fsp3) is 0.588. The van der Waals surface area contributed by atoms with Gasteiger partial charge in [-0.25, -0.2) is 4.98 Å². The van der Waals surface area contributed by atoms with Crippen molar-refractivity contribution in [2.24, 2.45) is 5.92 Å². The fourth-order valence-corrected chi connectivity index (χ4v) is 3.11. The zero-order valence-corrected chi connectivity index (χ0v) is 13.2. The highest BCUT2D eigenvalue weighted by molar-refractivity contribution is 5.80. The van der Waals surface area contributed by atoms with Crippen LogP contribution in [0.5, 0.6) is 0 Å². The number of rotatable bonds is 3. The quantitative estimate of drug-likeness (QED) is 0.927. The van der Waals surface area contributed by atoms with Crippen molar-refractivity contribution >= 4 is 11.7 Å². The largest absolute Gasteiger partial charge is 0.355 e. The lowest BCUT2D eigenvalue weighted by Crippen LogP contribution is -2.44. The Balaban J connectivity index is 1.79. The Morgan fingerprint density at radius 2 is 2.18 bits per heavy atom. The Hall–Kier alpha value is -2.09. The van der Waals surface area contributed by atoms with Gasteiger partial charge < -0.3 is 10.2 Å². The molecule has 2 aliphatic rings. The standard InChI is InChI=1S/C17H22N4O/c1-11-8-12(2)19-16(15(11)9-18)21-7-3-4-13(10-21)17(22)20-14-5-6-14/h8,13-14H,3-7,10H2,1-2H3,(H,20,22). The van der Waals surface area contributed by atoms with E-state index in [1.165, 1.54) is 0 Å². The Kier molecular flexibility index (Phi) is 4.02. The molecule has 2 fully saturated rings. The van der Waals surface area contributed by atoms with Crippen LogP contribution in [0.4, 0.5) is 5.82 Å². The molecular formula is C17H22N4O. The van der Waals surface area contributed by atoms with Crippen molar-refractivity contribution in [1.29, 1.82) is 5.26 Å². The van der Waals surface area contributed by atoms with E-state index in [0.29, 0.717) is 18.2 Å². The molecule has 1 saturated heterocycles. The highest BCUT2D eigenvalue weighted by atomic mass is 16.2. The fourth-order valence-electron chi connectivity index (χ4n) is 3.11. The molecule has 0 spiro atoms. The van der Waals surface area contributed by atoms with E-state index in [0.717, 1.165) is 49.3 Å². The molecule has 5 nitrogen and oxygen atoms in total.